The van der Waals surface area contributed by atoms with Crippen LogP contribution in [0.1, 0.15) is 127 Å². The summed E-state index contributed by atoms with van der Waals surface area (Å²) in [6.07, 6.45) is 13.1. The number of rotatable bonds is 14. The van der Waals surface area contributed by atoms with Crippen molar-refractivity contribution in [2.24, 2.45) is 0 Å². The third kappa shape index (κ3) is 7.77. The third-order valence-electron chi connectivity index (χ3n) is 8.77. The molecule has 0 aliphatic carbocycles. The third-order valence-corrected chi connectivity index (χ3v) is 8.77. The summed E-state index contributed by atoms with van der Waals surface area (Å²) in [5.74, 6) is 0.813. The highest BCUT2D eigenvalue weighted by atomic mass is 16.7. The van der Waals surface area contributed by atoms with Crippen LogP contribution in [0.5, 0.6) is 5.75 Å². The fraction of sp³-hybridized carbons (Fsp3) is 0.800. The molecule has 0 saturated carbocycles. The Kier molecular flexibility index (Phi) is 10.3. The molecular formula is C30H52B2O5. The lowest BCUT2D eigenvalue weighted by Crippen LogP contribution is -2.41. The Morgan fingerprint density at radius 3 is 1.27 bits per heavy atom. The van der Waals surface area contributed by atoms with E-state index < -0.39 is 36.6 Å². The summed E-state index contributed by atoms with van der Waals surface area (Å²) in [5, 5.41) is 0. The smallest absolute Gasteiger partial charge is 0.494 e. The largest absolute Gasteiger partial charge is 0.494 e. The predicted octanol–water partition coefficient (Wildman–Crippen LogP) is 6.58. The van der Waals surface area contributed by atoms with Crippen molar-refractivity contribution in [2.75, 3.05) is 6.61 Å². The van der Waals surface area contributed by atoms with E-state index in [1.165, 1.54) is 57.8 Å². The number of unbranched alkanes of at least 4 members (excludes halogenated alkanes) is 9. The topological polar surface area (TPSA) is 46.2 Å². The van der Waals surface area contributed by atoms with Crippen LogP contribution in [-0.2, 0) is 18.6 Å². The fourth-order valence-corrected chi connectivity index (χ4v) is 4.74. The van der Waals surface area contributed by atoms with Gasteiger partial charge in [-0.1, -0.05) is 70.8 Å². The predicted molar refractivity (Wildman–Crippen MR) is 155 cm³/mol. The number of hydrogen-bond acceptors (Lipinski definition) is 5. The summed E-state index contributed by atoms with van der Waals surface area (Å²) in [7, 11) is -0.931. The Hall–Kier alpha value is -1.01. The van der Waals surface area contributed by atoms with Crippen LogP contribution in [0.3, 0.4) is 0 Å². The molecule has 2 aliphatic rings. The number of ether oxygens (including phenoxy) is 1. The van der Waals surface area contributed by atoms with E-state index in [-0.39, 0.29) is 0 Å². The monoisotopic (exact) mass is 514 g/mol. The van der Waals surface area contributed by atoms with Gasteiger partial charge in [0.1, 0.15) is 5.75 Å². The van der Waals surface area contributed by atoms with Crippen LogP contribution in [0.4, 0.5) is 0 Å². The normalized spacial score (nSPS) is 21.5. The van der Waals surface area contributed by atoms with Crippen molar-refractivity contribution < 1.29 is 23.4 Å². The summed E-state index contributed by atoms with van der Waals surface area (Å²) >= 11 is 0. The molecule has 0 atom stereocenters. The summed E-state index contributed by atoms with van der Waals surface area (Å²) in [5.41, 5.74) is 0.238. The molecule has 2 fully saturated rings. The van der Waals surface area contributed by atoms with E-state index in [0.717, 1.165) is 23.1 Å². The van der Waals surface area contributed by atoms with Crippen molar-refractivity contribution >= 4 is 25.2 Å². The van der Waals surface area contributed by atoms with Gasteiger partial charge in [0.2, 0.25) is 0 Å². The second-order valence-corrected chi connectivity index (χ2v) is 13.0. The van der Waals surface area contributed by atoms with E-state index in [4.69, 9.17) is 23.4 Å². The first-order valence-corrected chi connectivity index (χ1v) is 14.8. The second-order valence-electron chi connectivity index (χ2n) is 13.0. The highest BCUT2D eigenvalue weighted by molar-refractivity contribution is 6.66. The second kappa shape index (κ2) is 12.4. The van der Waals surface area contributed by atoms with Crippen LogP contribution in [0, 0.1) is 0 Å². The van der Waals surface area contributed by atoms with Crippen LogP contribution in [0.25, 0.3) is 0 Å². The van der Waals surface area contributed by atoms with E-state index in [0.29, 0.717) is 6.61 Å². The van der Waals surface area contributed by atoms with E-state index in [2.05, 4.69) is 68.4 Å². The highest BCUT2D eigenvalue weighted by Gasteiger charge is 2.54. The minimum Gasteiger partial charge on any atom is -0.494 e. The van der Waals surface area contributed by atoms with Gasteiger partial charge in [-0.05, 0) is 84.9 Å². The average molecular weight is 514 g/mol. The van der Waals surface area contributed by atoms with Gasteiger partial charge in [-0.25, -0.2) is 0 Å². The van der Waals surface area contributed by atoms with Gasteiger partial charge in [-0.15, -0.1) is 0 Å². The van der Waals surface area contributed by atoms with E-state index >= 15 is 0 Å². The van der Waals surface area contributed by atoms with E-state index in [1.807, 2.05) is 12.1 Å². The Morgan fingerprint density at radius 2 is 0.892 bits per heavy atom. The zero-order valence-electron chi connectivity index (χ0n) is 25.2. The van der Waals surface area contributed by atoms with Gasteiger partial charge in [0.05, 0.1) is 29.0 Å². The molecule has 2 aliphatic heterocycles. The van der Waals surface area contributed by atoms with Crippen molar-refractivity contribution in [1.29, 1.82) is 0 Å². The van der Waals surface area contributed by atoms with E-state index in [9.17, 15) is 0 Å². The molecule has 208 valence electrons. The van der Waals surface area contributed by atoms with Crippen molar-refractivity contribution in [3.63, 3.8) is 0 Å². The molecule has 1 aromatic carbocycles. The molecule has 0 N–H and O–H groups in total. The highest BCUT2D eigenvalue weighted by Crippen LogP contribution is 2.38. The van der Waals surface area contributed by atoms with Crippen LogP contribution < -0.4 is 15.7 Å². The summed E-state index contributed by atoms with van der Waals surface area (Å²) in [6.45, 7) is 19.6. The van der Waals surface area contributed by atoms with Gasteiger partial charge in [-0.3, -0.25) is 0 Å². The zero-order valence-corrected chi connectivity index (χ0v) is 25.2. The molecule has 0 bridgehead atoms. The molecule has 0 amide bonds. The molecule has 1 aromatic rings. The molecule has 2 heterocycles. The quantitative estimate of drug-likeness (QED) is 0.207. The lowest BCUT2D eigenvalue weighted by Gasteiger charge is -2.32. The summed E-state index contributed by atoms with van der Waals surface area (Å²) < 4.78 is 31.7. The van der Waals surface area contributed by atoms with Crippen molar-refractivity contribution in [2.45, 2.75) is 149 Å². The first-order valence-electron chi connectivity index (χ1n) is 14.8. The Morgan fingerprint density at radius 1 is 0.541 bits per heavy atom. The number of hydrogen-bond donors (Lipinski definition) is 0. The Balaban J connectivity index is 1.61. The van der Waals surface area contributed by atoms with Gasteiger partial charge in [0.25, 0.3) is 0 Å². The molecule has 7 heteroatoms. The molecule has 2 saturated heterocycles. The van der Waals surface area contributed by atoms with Gasteiger partial charge in [0.15, 0.2) is 0 Å². The minimum absolute atomic E-state index is 0.408. The maximum atomic E-state index is 6.36. The van der Waals surface area contributed by atoms with Crippen molar-refractivity contribution in [3.05, 3.63) is 18.2 Å². The fourth-order valence-electron chi connectivity index (χ4n) is 4.74. The van der Waals surface area contributed by atoms with Crippen LogP contribution in [0.15, 0.2) is 18.2 Å². The van der Waals surface area contributed by atoms with Crippen molar-refractivity contribution in [3.8, 4) is 5.75 Å². The minimum atomic E-state index is -0.466. The molecular weight excluding hydrogens is 462 g/mol. The standard InChI is InChI=1S/C30H52B2O5/c1-10-11-12-13-14-15-16-17-18-19-20-33-26-22-24(31-34-27(2,3)28(4,5)35-31)21-25(23-26)32-36-29(6,7)30(8,9)37-32/h21-23H,10-20H2,1-9H3. The Labute approximate surface area is 228 Å². The SMILES string of the molecule is CCCCCCCCCCCCOc1cc(B2OC(C)(C)C(C)(C)O2)cc(B2OC(C)(C)C(C)(C)O2)c1. The van der Waals surface area contributed by atoms with E-state index in [1.54, 1.807) is 0 Å². The summed E-state index contributed by atoms with van der Waals surface area (Å²) in [6, 6.07) is 6.18. The molecule has 0 spiro atoms. The van der Waals surface area contributed by atoms with Gasteiger partial charge < -0.3 is 23.4 Å². The first kappa shape index (κ1) is 30.5. The molecule has 0 radical (unpaired) electrons. The lowest BCUT2D eigenvalue weighted by atomic mass is 9.71. The summed E-state index contributed by atoms with van der Waals surface area (Å²) in [4.78, 5) is 0. The van der Waals surface area contributed by atoms with Crippen LogP contribution in [0.2, 0.25) is 0 Å². The lowest BCUT2D eigenvalue weighted by molar-refractivity contribution is 0.00578. The Bertz CT molecular complexity index is 781. The molecule has 0 aromatic heterocycles. The van der Waals surface area contributed by atoms with Gasteiger partial charge in [0, 0.05) is 0 Å². The van der Waals surface area contributed by atoms with Crippen LogP contribution in [-0.4, -0.2) is 43.2 Å². The molecule has 3 rings (SSSR count). The van der Waals surface area contributed by atoms with Gasteiger partial charge in [-0.2, -0.15) is 0 Å². The molecule has 37 heavy (non-hydrogen) atoms. The molecule has 0 unspecified atom stereocenters. The van der Waals surface area contributed by atoms with Gasteiger partial charge >= 0.3 is 14.2 Å². The zero-order chi connectivity index (χ0) is 27.3. The first-order chi connectivity index (χ1) is 17.3. The van der Waals surface area contributed by atoms with Crippen LogP contribution >= 0.6 is 0 Å². The average Bonchev–Trinajstić information content (AvgIpc) is 3.17. The van der Waals surface area contributed by atoms with Crippen molar-refractivity contribution in [1.82, 2.24) is 0 Å². The number of benzene rings is 1. The maximum Gasteiger partial charge on any atom is 0.494 e. The maximum absolute atomic E-state index is 6.36. The molecule has 5 nitrogen and oxygen atoms in total.